The minimum absolute atomic E-state index is 0.0108. The van der Waals surface area contributed by atoms with Crippen molar-refractivity contribution in [2.75, 3.05) is 0 Å². The van der Waals surface area contributed by atoms with Crippen molar-refractivity contribution in [1.29, 1.82) is 0 Å². The van der Waals surface area contributed by atoms with Crippen molar-refractivity contribution in [2.45, 2.75) is 96.8 Å². The quantitative estimate of drug-likeness (QED) is 0.179. The molecule has 0 radical (unpaired) electrons. The van der Waals surface area contributed by atoms with Crippen molar-refractivity contribution in [3.63, 3.8) is 0 Å². The third-order valence-corrected chi connectivity index (χ3v) is 5.03. The van der Waals surface area contributed by atoms with Crippen LogP contribution in [0.2, 0.25) is 5.02 Å². The molecule has 1 aromatic rings. The third-order valence-electron chi connectivity index (χ3n) is 4.78. The summed E-state index contributed by atoms with van der Waals surface area (Å²) >= 11 is 5.83. The Hall–Kier alpha value is -1.35. The van der Waals surface area contributed by atoms with Crippen LogP contribution in [0.4, 0.5) is 0 Å². The number of carbonyl (C=O) groups is 1. The summed E-state index contributed by atoms with van der Waals surface area (Å²) in [6.45, 7) is 2.27. The van der Waals surface area contributed by atoms with E-state index >= 15 is 0 Å². The van der Waals surface area contributed by atoms with Crippen LogP contribution in [0, 0.1) is 0 Å². The van der Waals surface area contributed by atoms with Gasteiger partial charge in [-0.2, -0.15) is 5.10 Å². The van der Waals surface area contributed by atoms with Gasteiger partial charge < -0.3 is 0 Å². The minimum atomic E-state index is -0.0108. The molecule has 0 aromatic heterocycles. The molecule has 0 fully saturated rings. The van der Waals surface area contributed by atoms with Gasteiger partial charge in [-0.3, -0.25) is 4.79 Å². The average molecular weight is 393 g/mol. The molecule has 0 atom stereocenters. The first-order chi connectivity index (χ1) is 13.2. The largest absolute Gasteiger partial charge is 0.273 e. The monoisotopic (exact) mass is 392 g/mol. The maximum Gasteiger partial charge on any atom is 0.240 e. The molecular weight excluding hydrogens is 356 g/mol. The summed E-state index contributed by atoms with van der Waals surface area (Å²) in [5, 5.41) is 4.68. The number of unbranched alkanes of at least 4 members (excludes halogenated alkanes) is 12. The van der Waals surface area contributed by atoms with E-state index in [1.807, 2.05) is 12.1 Å². The number of benzene rings is 1. The molecule has 1 aromatic carbocycles. The number of amides is 1. The number of nitrogens with zero attached hydrogens (tertiary/aromatic N) is 1. The zero-order chi connectivity index (χ0) is 19.6. The maximum absolute atomic E-state index is 11.7. The lowest BCUT2D eigenvalue weighted by Gasteiger charge is -2.03. The van der Waals surface area contributed by atoms with E-state index in [1.54, 1.807) is 18.3 Å². The second kappa shape index (κ2) is 16.8. The highest BCUT2D eigenvalue weighted by molar-refractivity contribution is 6.30. The molecule has 0 saturated heterocycles. The van der Waals surface area contributed by atoms with Crippen molar-refractivity contribution in [1.82, 2.24) is 5.43 Å². The molecule has 4 heteroatoms. The Kier molecular flexibility index (Phi) is 14.7. The fourth-order valence-corrected chi connectivity index (χ4v) is 3.21. The van der Waals surface area contributed by atoms with Gasteiger partial charge in [-0.25, -0.2) is 5.43 Å². The predicted molar refractivity (Wildman–Crippen MR) is 118 cm³/mol. The summed E-state index contributed by atoms with van der Waals surface area (Å²) in [6, 6.07) is 7.34. The van der Waals surface area contributed by atoms with E-state index in [1.165, 1.54) is 70.6 Å². The highest BCUT2D eigenvalue weighted by atomic mass is 35.5. The Balaban J connectivity index is 1.87. The van der Waals surface area contributed by atoms with Gasteiger partial charge in [0.25, 0.3) is 0 Å². The van der Waals surface area contributed by atoms with E-state index in [2.05, 4.69) is 17.5 Å². The summed E-state index contributed by atoms with van der Waals surface area (Å²) in [7, 11) is 0. The highest BCUT2D eigenvalue weighted by Crippen LogP contribution is 2.13. The lowest BCUT2D eigenvalue weighted by Crippen LogP contribution is -2.16. The van der Waals surface area contributed by atoms with E-state index in [4.69, 9.17) is 11.6 Å². The number of hydrazone groups is 1. The molecule has 1 N–H and O–H groups in total. The van der Waals surface area contributed by atoms with Crippen LogP contribution in [0.25, 0.3) is 0 Å². The summed E-state index contributed by atoms with van der Waals surface area (Å²) in [4.78, 5) is 11.7. The van der Waals surface area contributed by atoms with Crippen molar-refractivity contribution in [3.05, 3.63) is 34.9 Å². The maximum atomic E-state index is 11.7. The second-order valence-corrected chi connectivity index (χ2v) is 7.77. The second-order valence-electron chi connectivity index (χ2n) is 7.34. The number of hydrogen-bond donors (Lipinski definition) is 1. The van der Waals surface area contributed by atoms with Crippen LogP contribution in [0.5, 0.6) is 0 Å². The van der Waals surface area contributed by atoms with Gasteiger partial charge in [0.05, 0.1) is 6.21 Å². The smallest absolute Gasteiger partial charge is 0.240 e. The van der Waals surface area contributed by atoms with Crippen molar-refractivity contribution >= 4 is 23.7 Å². The molecule has 0 aliphatic rings. The Morgan fingerprint density at radius 2 is 1.33 bits per heavy atom. The standard InChI is InChI=1S/C23H37ClN2O/c1-2-3-4-5-6-7-8-9-10-11-12-13-14-15-23(27)26-25-20-21-16-18-22(24)19-17-21/h16-20H,2-15H2,1H3,(H,26,27)/b25-20-. The summed E-state index contributed by atoms with van der Waals surface area (Å²) in [6.07, 6.45) is 19.3. The molecule has 1 amide bonds. The zero-order valence-electron chi connectivity index (χ0n) is 17.0. The molecule has 1 rings (SSSR count). The Morgan fingerprint density at radius 1 is 0.852 bits per heavy atom. The topological polar surface area (TPSA) is 41.5 Å². The number of nitrogens with one attached hydrogen (secondary N) is 1. The Labute approximate surface area is 171 Å². The van der Waals surface area contributed by atoms with Crippen LogP contribution in [0.3, 0.4) is 0 Å². The summed E-state index contributed by atoms with van der Waals surface area (Å²) in [5.74, 6) is -0.0108. The number of hydrogen-bond acceptors (Lipinski definition) is 2. The van der Waals surface area contributed by atoms with E-state index in [0.717, 1.165) is 18.4 Å². The van der Waals surface area contributed by atoms with Crippen LogP contribution in [-0.2, 0) is 4.79 Å². The molecule has 0 unspecified atom stereocenters. The lowest BCUT2D eigenvalue weighted by molar-refractivity contribution is -0.121. The van der Waals surface area contributed by atoms with E-state index in [-0.39, 0.29) is 5.91 Å². The molecule has 0 heterocycles. The highest BCUT2D eigenvalue weighted by Gasteiger charge is 1.99. The first kappa shape index (κ1) is 23.7. The lowest BCUT2D eigenvalue weighted by atomic mass is 10.0. The Morgan fingerprint density at radius 3 is 1.85 bits per heavy atom. The van der Waals surface area contributed by atoms with Crippen LogP contribution < -0.4 is 5.43 Å². The number of rotatable bonds is 16. The van der Waals surface area contributed by atoms with E-state index < -0.39 is 0 Å². The first-order valence-corrected chi connectivity index (χ1v) is 11.2. The average Bonchev–Trinajstić information content (AvgIpc) is 2.67. The van der Waals surface area contributed by atoms with Gasteiger partial charge in [-0.05, 0) is 24.1 Å². The molecule has 0 aliphatic heterocycles. The number of halogens is 1. The van der Waals surface area contributed by atoms with Gasteiger partial charge in [0.1, 0.15) is 0 Å². The van der Waals surface area contributed by atoms with Crippen LogP contribution in [0.1, 0.15) is 102 Å². The molecular formula is C23H37ClN2O. The summed E-state index contributed by atoms with van der Waals surface area (Å²) < 4.78 is 0. The van der Waals surface area contributed by atoms with Crippen molar-refractivity contribution in [3.8, 4) is 0 Å². The predicted octanol–water partition coefficient (Wildman–Crippen LogP) is 7.27. The first-order valence-electron chi connectivity index (χ1n) is 10.8. The van der Waals surface area contributed by atoms with Gasteiger partial charge in [-0.1, -0.05) is 108 Å². The van der Waals surface area contributed by atoms with Gasteiger partial charge in [-0.15, -0.1) is 0 Å². The molecule has 0 bridgehead atoms. The minimum Gasteiger partial charge on any atom is -0.273 e. The normalized spacial score (nSPS) is 11.2. The van der Waals surface area contributed by atoms with Crippen LogP contribution >= 0.6 is 11.6 Å². The van der Waals surface area contributed by atoms with Crippen molar-refractivity contribution in [2.24, 2.45) is 5.10 Å². The molecule has 3 nitrogen and oxygen atoms in total. The fraction of sp³-hybridized carbons (Fsp3) is 0.652. The van der Waals surface area contributed by atoms with Crippen LogP contribution in [-0.4, -0.2) is 12.1 Å². The molecule has 0 spiro atoms. The van der Waals surface area contributed by atoms with Gasteiger partial charge in [0.2, 0.25) is 5.91 Å². The van der Waals surface area contributed by atoms with E-state index in [0.29, 0.717) is 11.4 Å². The Bertz CT molecular complexity index is 514. The molecule has 0 saturated carbocycles. The van der Waals surface area contributed by atoms with Gasteiger partial charge in [0.15, 0.2) is 0 Å². The number of carbonyl (C=O) groups excluding carboxylic acids is 1. The third kappa shape index (κ3) is 14.4. The molecule has 27 heavy (non-hydrogen) atoms. The van der Waals surface area contributed by atoms with Crippen molar-refractivity contribution < 1.29 is 4.79 Å². The molecule has 0 aliphatic carbocycles. The van der Waals surface area contributed by atoms with Crippen LogP contribution in [0.15, 0.2) is 29.4 Å². The van der Waals surface area contributed by atoms with E-state index in [9.17, 15) is 4.79 Å². The van der Waals surface area contributed by atoms with Gasteiger partial charge in [0, 0.05) is 11.4 Å². The molecule has 152 valence electrons. The van der Waals surface area contributed by atoms with Gasteiger partial charge >= 0.3 is 0 Å². The zero-order valence-corrected chi connectivity index (χ0v) is 17.8. The fourth-order valence-electron chi connectivity index (χ4n) is 3.09. The SMILES string of the molecule is CCCCCCCCCCCCCCCC(=O)N/N=C\c1ccc(Cl)cc1. The summed E-state index contributed by atoms with van der Waals surface area (Å²) in [5.41, 5.74) is 3.50.